The summed E-state index contributed by atoms with van der Waals surface area (Å²) in [5.74, 6) is 0.0979. The van der Waals surface area contributed by atoms with Crippen LogP contribution >= 0.6 is 0 Å². The molecule has 15 heavy (non-hydrogen) atoms. The van der Waals surface area contributed by atoms with Crippen LogP contribution in [-0.2, 0) is 4.79 Å². The van der Waals surface area contributed by atoms with Gasteiger partial charge in [0.05, 0.1) is 0 Å². The SMILES string of the molecule is C=C(CC(C)=O)c1cccc(C(C)=O)c1. The van der Waals surface area contributed by atoms with Crippen LogP contribution in [0.5, 0.6) is 0 Å². The van der Waals surface area contributed by atoms with Crippen LogP contribution in [0.15, 0.2) is 30.8 Å². The number of carbonyl (C=O) groups is 2. The van der Waals surface area contributed by atoms with Gasteiger partial charge in [-0.3, -0.25) is 9.59 Å². The third-order valence-electron chi connectivity index (χ3n) is 2.14. The first-order chi connectivity index (χ1) is 7.00. The number of rotatable bonds is 4. The zero-order valence-electron chi connectivity index (χ0n) is 9.04. The number of hydrogen-bond donors (Lipinski definition) is 0. The minimum absolute atomic E-state index is 0.0208. The summed E-state index contributed by atoms with van der Waals surface area (Å²) in [6.45, 7) is 6.88. The Hall–Kier alpha value is -1.70. The second kappa shape index (κ2) is 4.69. The van der Waals surface area contributed by atoms with Gasteiger partial charge >= 0.3 is 0 Å². The second-order valence-electron chi connectivity index (χ2n) is 3.62. The van der Waals surface area contributed by atoms with E-state index in [2.05, 4.69) is 6.58 Å². The maximum atomic E-state index is 11.1. The Morgan fingerprint density at radius 1 is 1.20 bits per heavy atom. The van der Waals surface area contributed by atoms with E-state index in [1.54, 1.807) is 18.2 Å². The van der Waals surface area contributed by atoms with Crippen LogP contribution in [0.4, 0.5) is 0 Å². The van der Waals surface area contributed by atoms with E-state index in [1.807, 2.05) is 6.07 Å². The summed E-state index contributed by atoms with van der Waals surface area (Å²) < 4.78 is 0. The largest absolute Gasteiger partial charge is 0.300 e. The molecule has 0 fully saturated rings. The molecule has 0 heterocycles. The quantitative estimate of drug-likeness (QED) is 0.703. The van der Waals surface area contributed by atoms with Crippen LogP contribution in [0.1, 0.15) is 36.2 Å². The van der Waals surface area contributed by atoms with Crippen LogP contribution < -0.4 is 0 Å². The summed E-state index contributed by atoms with van der Waals surface area (Å²) >= 11 is 0. The van der Waals surface area contributed by atoms with E-state index < -0.39 is 0 Å². The minimum Gasteiger partial charge on any atom is -0.300 e. The van der Waals surface area contributed by atoms with Crippen molar-refractivity contribution in [2.24, 2.45) is 0 Å². The van der Waals surface area contributed by atoms with Crippen LogP contribution in [0, 0.1) is 0 Å². The van der Waals surface area contributed by atoms with Gasteiger partial charge in [0.25, 0.3) is 0 Å². The lowest BCUT2D eigenvalue weighted by molar-refractivity contribution is -0.116. The normalized spacial score (nSPS) is 9.73. The maximum Gasteiger partial charge on any atom is 0.159 e. The highest BCUT2D eigenvalue weighted by Gasteiger charge is 2.05. The fourth-order valence-electron chi connectivity index (χ4n) is 1.36. The Balaban J connectivity index is 2.95. The van der Waals surface area contributed by atoms with E-state index in [9.17, 15) is 9.59 Å². The summed E-state index contributed by atoms with van der Waals surface area (Å²) in [6, 6.07) is 7.19. The molecule has 2 heteroatoms. The van der Waals surface area contributed by atoms with Gasteiger partial charge in [-0.05, 0) is 31.1 Å². The van der Waals surface area contributed by atoms with Crippen molar-refractivity contribution >= 4 is 17.1 Å². The van der Waals surface area contributed by atoms with Crippen molar-refractivity contribution in [2.75, 3.05) is 0 Å². The number of benzene rings is 1. The lowest BCUT2D eigenvalue weighted by Crippen LogP contribution is -1.96. The molecular weight excluding hydrogens is 188 g/mol. The summed E-state index contributed by atoms with van der Waals surface area (Å²) in [7, 11) is 0. The summed E-state index contributed by atoms with van der Waals surface area (Å²) in [4.78, 5) is 22.1. The first-order valence-electron chi connectivity index (χ1n) is 4.79. The van der Waals surface area contributed by atoms with E-state index >= 15 is 0 Å². The molecule has 0 aliphatic heterocycles. The van der Waals surface area contributed by atoms with Gasteiger partial charge in [-0.25, -0.2) is 0 Å². The Kier molecular flexibility index (Phi) is 3.56. The van der Waals surface area contributed by atoms with Gasteiger partial charge in [0.1, 0.15) is 5.78 Å². The average molecular weight is 202 g/mol. The van der Waals surface area contributed by atoms with Crippen LogP contribution in [-0.4, -0.2) is 11.6 Å². The molecule has 0 spiro atoms. The van der Waals surface area contributed by atoms with Crippen LogP contribution in [0.2, 0.25) is 0 Å². The molecule has 0 aliphatic carbocycles. The fourth-order valence-corrected chi connectivity index (χ4v) is 1.36. The topological polar surface area (TPSA) is 34.1 Å². The molecule has 1 aromatic rings. The zero-order chi connectivity index (χ0) is 11.4. The Labute approximate surface area is 89.6 Å². The van der Waals surface area contributed by atoms with Gasteiger partial charge in [-0.2, -0.15) is 0 Å². The van der Waals surface area contributed by atoms with Crippen molar-refractivity contribution in [3.63, 3.8) is 0 Å². The Morgan fingerprint density at radius 3 is 2.33 bits per heavy atom. The summed E-state index contributed by atoms with van der Waals surface area (Å²) in [5.41, 5.74) is 2.26. The van der Waals surface area contributed by atoms with E-state index in [4.69, 9.17) is 0 Å². The highest BCUT2D eigenvalue weighted by atomic mass is 16.1. The smallest absolute Gasteiger partial charge is 0.159 e. The molecule has 0 saturated heterocycles. The summed E-state index contributed by atoms with van der Waals surface area (Å²) in [6.07, 6.45) is 0.335. The number of hydrogen-bond acceptors (Lipinski definition) is 2. The van der Waals surface area contributed by atoms with Gasteiger partial charge in [-0.15, -0.1) is 0 Å². The number of Topliss-reactive ketones (excluding diaryl/α,β-unsaturated/α-hetero) is 2. The molecule has 0 unspecified atom stereocenters. The van der Waals surface area contributed by atoms with Gasteiger partial charge in [-0.1, -0.05) is 24.8 Å². The molecule has 1 rings (SSSR count). The molecule has 1 aromatic carbocycles. The van der Waals surface area contributed by atoms with Crippen LogP contribution in [0.25, 0.3) is 5.57 Å². The lowest BCUT2D eigenvalue weighted by atomic mass is 9.99. The number of allylic oxidation sites excluding steroid dienone is 1. The molecule has 0 aliphatic rings. The van der Waals surface area contributed by atoms with E-state index in [0.29, 0.717) is 12.0 Å². The van der Waals surface area contributed by atoms with Gasteiger partial charge < -0.3 is 0 Å². The van der Waals surface area contributed by atoms with Crippen molar-refractivity contribution in [2.45, 2.75) is 20.3 Å². The highest BCUT2D eigenvalue weighted by molar-refractivity contribution is 5.95. The van der Waals surface area contributed by atoms with Crippen molar-refractivity contribution in [3.05, 3.63) is 42.0 Å². The minimum atomic E-state index is 0.0208. The molecular formula is C13H14O2. The Bertz CT molecular complexity index is 416. The van der Waals surface area contributed by atoms with E-state index in [0.717, 1.165) is 11.1 Å². The predicted octanol–water partition coefficient (Wildman–Crippen LogP) is 2.88. The molecule has 0 saturated carbocycles. The fraction of sp³-hybridized carbons (Fsp3) is 0.231. The number of ketones is 2. The van der Waals surface area contributed by atoms with Gasteiger partial charge in [0.15, 0.2) is 5.78 Å². The van der Waals surface area contributed by atoms with Crippen molar-refractivity contribution < 1.29 is 9.59 Å². The molecule has 0 atom stereocenters. The highest BCUT2D eigenvalue weighted by Crippen LogP contribution is 2.17. The summed E-state index contributed by atoms with van der Waals surface area (Å²) in [5, 5.41) is 0. The molecule has 0 N–H and O–H groups in total. The lowest BCUT2D eigenvalue weighted by Gasteiger charge is -2.04. The van der Waals surface area contributed by atoms with Crippen molar-refractivity contribution in [1.82, 2.24) is 0 Å². The first kappa shape index (κ1) is 11.4. The predicted molar refractivity (Wildman–Crippen MR) is 60.8 cm³/mol. The molecule has 2 nitrogen and oxygen atoms in total. The van der Waals surface area contributed by atoms with E-state index in [-0.39, 0.29) is 11.6 Å². The molecule has 0 bridgehead atoms. The molecule has 0 radical (unpaired) electrons. The average Bonchev–Trinajstić information content (AvgIpc) is 2.17. The molecule has 78 valence electrons. The molecule has 0 amide bonds. The van der Waals surface area contributed by atoms with Gasteiger partial charge in [0, 0.05) is 12.0 Å². The first-order valence-corrected chi connectivity index (χ1v) is 4.79. The van der Waals surface area contributed by atoms with Gasteiger partial charge in [0.2, 0.25) is 0 Å². The van der Waals surface area contributed by atoms with Crippen molar-refractivity contribution in [1.29, 1.82) is 0 Å². The maximum absolute atomic E-state index is 11.1. The second-order valence-corrected chi connectivity index (χ2v) is 3.62. The standard InChI is InChI=1S/C13H14O2/c1-9(7-10(2)14)12-5-4-6-13(8-12)11(3)15/h4-6,8H,1,7H2,2-3H3. The molecule has 0 aromatic heterocycles. The third kappa shape index (κ3) is 3.17. The monoisotopic (exact) mass is 202 g/mol. The van der Waals surface area contributed by atoms with Crippen molar-refractivity contribution in [3.8, 4) is 0 Å². The number of carbonyl (C=O) groups excluding carboxylic acids is 2. The zero-order valence-corrected chi connectivity index (χ0v) is 9.04. The van der Waals surface area contributed by atoms with E-state index in [1.165, 1.54) is 13.8 Å². The third-order valence-corrected chi connectivity index (χ3v) is 2.14. The Morgan fingerprint density at radius 2 is 1.80 bits per heavy atom. The van der Waals surface area contributed by atoms with Crippen LogP contribution in [0.3, 0.4) is 0 Å².